The van der Waals surface area contributed by atoms with E-state index in [4.69, 9.17) is 0 Å². The van der Waals surface area contributed by atoms with Gasteiger partial charge in [0.15, 0.2) is 5.78 Å². The molecule has 0 N–H and O–H groups in total. The number of rotatable bonds is 3. The smallest absolute Gasteiger partial charge is 0.163 e. The first-order chi connectivity index (χ1) is 18.3. The third-order valence-electron chi connectivity index (χ3n) is 8.01. The highest BCUT2D eigenvalue weighted by atomic mass is 16.1. The van der Waals surface area contributed by atoms with Crippen molar-refractivity contribution in [3.63, 3.8) is 0 Å². The lowest BCUT2D eigenvalue weighted by Gasteiger charge is -2.46. The molecule has 1 aliphatic carbocycles. The van der Waals surface area contributed by atoms with Gasteiger partial charge in [-0.3, -0.25) is 4.79 Å². The van der Waals surface area contributed by atoms with E-state index < -0.39 is 5.41 Å². The number of hydrogen-bond acceptors (Lipinski definition) is 2. The summed E-state index contributed by atoms with van der Waals surface area (Å²) in [6, 6.07) is 45.7. The minimum absolute atomic E-state index is 0.263. The number of aryl methyl sites for hydroxylation is 1. The van der Waals surface area contributed by atoms with Gasteiger partial charge in [0, 0.05) is 17.7 Å². The lowest BCUT2D eigenvalue weighted by molar-refractivity contribution is 0.0972. The summed E-state index contributed by atoms with van der Waals surface area (Å²) in [5.74, 6) is 0.263. The van der Waals surface area contributed by atoms with Crippen molar-refractivity contribution in [2.75, 3.05) is 4.90 Å². The highest BCUT2D eigenvalue weighted by Crippen LogP contribution is 2.57. The van der Waals surface area contributed by atoms with Crippen LogP contribution in [0.5, 0.6) is 0 Å². The van der Waals surface area contributed by atoms with Gasteiger partial charge in [-0.05, 0) is 71.0 Å². The molecule has 5 aromatic carbocycles. The Morgan fingerprint density at radius 2 is 1.11 bits per heavy atom. The monoisotopic (exact) mass is 477 g/mol. The van der Waals surface area contributed by atoms with Gasteiger partial charge in [0.05, 0.1) is 16.8 Å². The summed E-state index contributed by atoms with van der Waals surface area (Å²) in [5.41, 5.74) is 10.0. The molecule has 178 valence electrons. The molecular weight excluding hydrogens is 450 g/mol. The van der Waals surface area contributed by atoms with Crippen molar-refractivity contribution in [2.45, 2.75) is 24.7 Å². The van der Waals surface area contributed by atoms with Gasteiger partial charge in [0.25, 0.3) is 0 Å². The summed E-state index contributed by atoms with van der Waals surface area (Å²) in [6.07, 6.45) is 2.52. The van der Waals surface area contributed by atoms with Crippen LogP contribution in [0.4, 0.5) is 17.1 Å². The van der Waals surface area contributed by atoms with Crippen molar-refractivity contribution >= 4 is 22.8 Å². The minimum Gasteiger partial charge on any atom is -0.310 e. The molecule has 2 aliphatic rings. The molecule has 0 spiro atoms. The fourth-order valence-electron chi connectivity index (χ4n) is 6.46. The van der Waals surface area contributed by atoms with E-state index in [0.29, 0.717) is 6.42 Å². The number of carbonyl (C=O) groups is 1. The average molecular weight is 478 g/mol. The first-order valence-electron chi connectivity index (χ1n) is 13.0. The van der Waals surface area contributed by atoms with Crippen LogP contribution in [0.25, 0.3) is 0 Å². The van der Waals surface area contributed by atoms with Gasteiger partial charge in [0.2, 0.25) is 0 Å². The second-order valence-electron chi connectivity index (χ2n) is 9.97. The molecule has 1 aliphatic heterocycles. The maximum atomic E-state index is 12.6. The van der Waals surface area contributed by atoms with Gasteiger partial charge in [0.1, 0.15) is 0 Å². The van der Waals surface area contributed by atoms with Gasteiger partial charge in [-0.1, -0.05) is 97.1 Å². The number of hydrogen-bond donors (Lipinski definition) is 0. The van der Waals surface area contributed by atoms with Crippen LogP contribution >= 0.6 is 0 Å². The fourth-order valence-corrected chi connectivity index (χ4v) is 6.46. The normalized spacial score (nSPS) is 15.5. The Kier molecular flexibility index (Phi) is 5.07. The number of benzene rings is 5. The van der Waals surface area contributed by atoms with Gasteiger partial charge >= 0.3 is 0 Å². The van der Waals surface area contributed by atoms with Gasteiger partial charge in [-0.25, -0.2) is 0 Å². The molecule has 0 atom stereocenters. The number of fused-ring (bicyclic) bond motifs is 3. The number of carbonyl (C=O) groups excluding carboxylic acids is 1. The Balaban J connectivity index is 1.56. The second kappa shape index (κ2) is 8.60. The summed E-state index contributed by atoms with van der Waals surface area (Å²) in [7, 11) is 0. The number of anilines is 3. The van der Waals surface area contributed by atoms with E-state index in [0.717, 1.165) is 41.0 Å². The zero-order chi connectivity index (χ0) is 24.8. The maximum absolute atomic E-state index is 12.6. The molecule has 0 unspecified atom stereocenters. The lowest BCUT2D eigenvalue weighted by atomic mass is 9.62. The van der Waals surface area contributed by atoms with E-state index in [2.05, 4.69) is 126 Å². The molecule has 2 heteroatoms. The largest absolute Gasteiger partial charge is 0.310 e. The van der Waals surface area contributed by atoms with E-state index in [1.807, 2.05) is 6.07 Å². The predicted octanol–water partition coefficient (Wildman–Crippen LogP) is 8.37. The number of nitrogens with zero attached hydrogens (tertiary/aromatic N) is 1. The molecule has 0 saturated heterocycles. The molecule has 0 bridgehead atoms. The third kappa shape index (κ3) is 3.22. The molecule has 7 rings (SSSR count). The Bertz CT molecular complexity index is 1530. The Hall–Kier alpha value is -4.43. The van der Waals surface area contributed by atoms with Crippen LogP contribution in [0, 0.1) is 0 Å². The van der Waals surface area contributed by atoms with Crippen molar-refractivity contribution in [3.05, 3.63) is 161 Å². The van der Waals surface area contributed by atoms with Crippen molar-refractivity contribution in [1.82, 2.24) is 0 Å². The highest BCUT2D eigenvalue weighted by molar-refractivity contribution is 5.99. The van der Waals surface area contributed by atoms with Crippen LogP contribution in [0.15, 0.2) is 127 Å². The highest BCUT2D eigenvalue weighted by Gasteiger charge is 2.46. The first kappa shape index (κ1) is 21.8. The van der Waals surface area contributed by atoms with E-state index in [9.17, 15) is 4.79 Å². The third-order valence-corrected chi connectivity index (χ3v) is 8.01. The molecule has 0 fully saturated rings. The van der Waals surface area contributed by atoms with E-state index >= 15 is 0 Å². The first-order valence-corrected chi connectivity index (χ1v) is 13.0. The lowest BCUT2D eigenvalue weighted by Crippen LogP contribution is -2.37. The number of Topliss-reactive ketones (excluding diaryl/α,β-unsaturated/α-hetero) is 1. The summed E-state index contributed by atoms with van der Waals surface area (Å²) in [5, 5.41) is 0. The number of para-hydroxylation sites is 2. The summed E-state index contributed by atoms with van der Waals surface area (Å²) in [6.45, 7) is 0. The van der Waals surface area contributed by atoms with Crippen LogP contribution in [0.3, 0.4) is 0 Å². The quantitative estimate of drug-likeness (QED) is 0.255. The molecule has 0 aromatic heterocycles. The molecular formula is C35H27NO. The van der Waals surface area contributed by atoms with E-state index in [1.54, 1.807) is 0 Å². The van der Waals surface area contributed by atoms with Crippen molar-refractivity contribution in [2.24, 2.45) is 0 Å². The van der Waals surface area contributed by atoms with E-state index in [-0.39, 0.29) is 5.78 Å². The van der Waals surface area contributed by atoms with Gasteiger partial charge < -0.3 is 4.90 Å². The standard InChI is InChI=1S/C35H27NO/c37-34-21-11-12-25-24-28(22-23-29(25)34)36-32-19-9-7-17-30(32)35(26-13-3-1-4-14-26,27-15-5-2-6-16-27)31-18-8-10-20-33(31)36/h1-10,13-20,22-24H,11-12,21H2. The molecule has 37 heavy (non-hydrogen) atoms. The molecule has 1 heterocycles. The predicted molar refractivity (Wildman–Crippen MR) is 150 cm³/mol. The Labute approximate surface area is 217 Å². The molecule has 0 amide bonds. The van der Waals surface area contributed by atoms with Crippen molar-refractivity contribution in [1.29, 1.82) is 0 Å². The van der Waals surface area contributed by atoms with Crippen LogP contribution < -0.4 is 4.90 Å². The SMILES string of the molecule is O=C1CCCc2cc(N3c4ccccc4C(c4ccccc4)(c4ccccc4)c4ccccc43)ccc21. The topological polar surface area (TPSA) is 20.3 Å². The Morgan fingerprint density at radius 3 is 1.70 bits per heavy atom. The Morgan fingerprint density at radius 1 is 0.568 bits per heavy atom. The fraction of sp³-hybridized carbons (Fsp3) is 0.114. The molecule has 0 radical (unpaired) electrons. The molecule has 2 nitrogen and oxygen atoms in total. The van der Waals surface area contributed by atoms with Crippen LogP contribution in [0.2, 0.25) is 0 Å². The number of ketones is 1. The molecule has 5 aromatic rings. The van der Waals surface area contributed by atoms with Crippen LogP contribution in [-0.2, 0) is 11.8 Å². The van der Waals surface area contributed by atoms with Gasteiger partial charge in [-0.2, -0.15) is 0 Å². The zero-order valence-electron chi connectivity index (χ0n) is 20.6. The van der Waals surface area contributed by atoms with Crippen LogP contribution in [0.1, 0.15) is 51.0 Å². The summed E-state index contributed by atoms with van der Waals surface area (Å²) < 4.78 is 0. The maximum Gasteiger partial charge on any atom is 0.163 e. The summed E-state index contributed by atoms with van der Waals surface area (Å²) >= 11 is 0. The zero-order valence-corrected chi connectivity index (χ0v) is 20.6. The van der Waals surface area contributed by atoms with Crippen LogP contribution in [-0.4, -0.2) is 5.78 Å². The van der Waals surface area contributed by atoms with Gasteiger partial charge in [-0.15, -0.1) is 0 Å². The average Bonchev–Trinajstić information content (AvgIpc) is 2.97. The van der Waals surface area contributed by atoms with Crippen molar-refractivity contribution in [3.8, 4) is 0 Å². The second-order valence-corrected chi connectivity index (χ2v) is 9.97. The summed E-state index contributed by atoms with van der Waals surface area (Å²) in [4.78, 5) is 14.9. The van der Waals surface area contributed by atoms with E-state index in [1.165, 1.54) is 22.3 Å². The minimum atomic E-state index is -0.462. The molecule has 0 saturated carbocycles. The van der Waals surface area contributed by atoms with Crippen molar-refractivity contribution < 1.29 is 4.79 Å².